The van der Waals surface area contributed by atoms with Gasteiger partial charge in [0.05, 0.1) is 5.02 Å². The first-order chi connectivity index (χ1) is 7.53. The van der Waals surface area contributed by atoms with Gasteiger partial charge in [0.25, 0.3) is 0 Å². The highest BCUT2D eigenvalue weighted by Gasteiger charge is 2.33. The molecule has 0 saturated heterocycles. The molecule has 0 aliphatic heterocycles. The predicted octanol–water partition coefficient (Wildman–Crippen LogP) is 2.25. The van der Waals surface area contributed by atoms with Gasteiger partial charge in [-0.1, -0.05) is 36.7 Å². The van der Waals surface area contributed by atoms with Gasteiger partial charge in [0.15, 0.2) is 0 Å². The summed E-state index contributed by atoms with van der Waals surface area (Å²) in [4.78, 5) is 11.1. The normalized spacial score (nSPS) is 14.0. The molecule has 0 heterocycles. The minimum atomic E-state index is -1.70. The van der Waals surface area contributed by atoms with Gasteiger partial charge in [0.1, 0.15) is 0 Å². The van der Waals surface area contributed by atoms with Crippen molar-refractivity contribution in [2.24, 2.45) is 0 Å². The van der Waals surface area contributed by atoms with Crippen LogP contribution in [0.25, 0.3) is 0 Å². The van der Waals surface area contributed by atoms with E-state index in [2.05, 4.69) is 5.32 Å². The van der Waals surface area contributed by atoms with Crippen molar-refractivity contribution in [3.05, 3.63) is 34.9 Å². The highest BCUT2D eigenvalue weighted by molar-refractivity contribution is 6.31. The number of hydrogen-bond donors (Lipinski definition) is 2. The molecule has 1 atom stereocenters. The van der Waals surface area contributed by atoms with E-state index in [0.29, 0.717) is 10.6 Å². The highest BCUT2D eigenvalue weighted by atomic mass is 35.5. The van der Waals surface area contributed by atoms with Crippen LogP contribution in [0, 0.1) is 0 Å². The maximum absolute atomic E-state index is 11.1. The lowest BCUT2D eigenvalue weighted by Crippen LogP contribution is -2.35. The number of nitrogens with one attached hydrogen (secondary N) is 1. The summed E-state index contributed by atoms with van der Waals surface area (Å²) in [5.74, 6) is -1.70. The Hall–Kier alpha value is -1.26. The van der Waals surface area contributed by atoms with Crippen LogP contribution in [-0.4, -0.2) is 18.2 Å². The number of aliphatic hydroxyl groups is 1. The lowest BCUT2D eigenvalue weighted by molar-refractivity contribution is -0.171. The summed E-state index contributed by atoms with van der Waals surface area (Å²) >= 11 is 5.94. The van der Waals surface area contributed by atoms with Crippen molar-refractivity contribution in [2.45, 2.75) is 19.1 Å². The number of ether oxygens (including phenoxy) is 1. The smallest absolute Gasteiger partial charge is 0.409 e. The summed E-state index contributed by atoms with van der Waals surface area (Å²) < 4.78 is 4.92. The van der Waals surface area contributed by atoms with Gasteiger partial charge in [-0.25, -0.2) is 4.79 Å². The maximum Gasteiger partial charge on any atom is 0.409 e. The van der Waals surface area contributed by atoms with Crippen molar-refractivity contribution in [3.8, 4) is 0 Å². The Morgan fingerprint density at radius 2 is 2.19 bits per heavy atom. The molecule has 2 N–H and O–H groups in total. The molecule has 0 saturated carbocycles. The third kappa shape index (κ3) is 2.65. The third-order valence-corrected chi connectivity index (χ3v) is 2.57. The average Bonchev–Trinajstić information content (AvgIpc) is 2.29. The summed E-state index contributed by atoms with van der Waals surface area (Å²) in [5.41, 5.74) is 0.378. The van der Waals surface area contributed by atoms with Gasteiger partial charge in [-0.05, 0) is 6.07 Å². The highest BCUT2D eigenvalue weighted by Crippen LogP contribution is 2.31. The molecule has 1 aromatic rings. The van der Waals surface area contributed by atoms with E-state index in [4.69, 9.17) is 16.3 Å². The lowest BCUT2D eigenvalue weighted by atomic mass is 10.0. The van der Waals surface area contributed by atoms with Gasteiger partial charge in [-0.3, -0.25) is 0 Å². The SMILES string of the molecule is CCC(O)(OC(=O)NC)c1ccccc1Cl. The molecular formula is C11H14ClNO3. The molecule has 1 rings (SSSR count). The van der Waals surface area contributed by atoms with E-state index in [-0.39, 0.29) is 6.42 Å². The summed E-state index contributed by atoms with van der Waals surface area (Å²) in [5, 5.41) is 12.8. The summed E-state index contributed by atoms with van der Waals surface area (Å²) in [6, 6.07) is 6.70. The van der Waals surface area contributed by atoms with Gasteiger partial charge in [0, 0.05) is 19.0 Å². The molecular weight excluding hydrogens is 230 g/mol. The first-order valence-corrected chi connectivity index (χ1v) is 5.29. The number of rotatable bonds is 3. The fraction of sp³-hybridized carbons (Fsp3) is 0.364. The molecule has 4 nitrogen and oxygen atoms in total. The summed E-state index contributed by atoms with van der Waals surface area (Å²) in [6.45, 7) is 1.70. The van der Waals surface area contributed by atoms with Crippen molar-refractivity contribution in [1.29, 1.82) is 0 Å². The predicted molar refractivity (Wildman–Crippen MR) is 61.2 cm³/mol. The zero-order valence-electron chi connectivity index (χ0n) is 9.16. The third-order valence-electron chi connectivity index (χ3n) is 2.24. The second-order valence-corrected chi connectivity index (χ2v) is 3.66. The number of benzene rings is 1. The Labute approximate surface area is 99.2 Å². The topological polar surface area (TPSA) is 58.6 Å². The monoisotopic (exact) mass is 243 g/mol. The molecule has 16 heavy (non-hydrogen) atoms. The van der Waals surface area contributed by atoms with Gasteiger partial charge in [-0.2, -0.15) is 0 Å². The lowest BCUT2D eigenvalue weighted by Gasteiger charge is -2.27. The zero-order chi connectivity index (χ0) is 12.2. The Balaban J connectivity index is 3.05. The number of halogens is 1. The Bertz CT molecular complexity index is 383. The molecule has 1 aromatic carbocycles. The molecule has 0 bridgehead atoms. The van der Waals surface area contributed by atoms with Crippen LogP contribution in [0.15, 0.2) is 24.3 Å². The van der Waals surface area contributed by atoms with E-state index in [1.165, 1.54) is 7.05 Å². The number of carbonyl (C=O) groups is 1. The van der Waals surface area contributed by atoms with Crippen LogP contribution in [0.5, 0.6) is 0 Å². The molecule has 5 heteroatoms. The van der Waals surface area contributed by atoms with Gasteiger partial charge >= 0.3 is 6.09 Å². The van der Waals surface area contributed by atoms with Crippen LogP contribution in [0.1, 0.15) is 18.9 Å². The number of amides is 1. The minimum Gasteiger partial charge on any atom is -0.413 e. The van der Waals surface area contributed by atoms with Crippen LogP contribution in [0.2, 0.25) is 5.02 Å². The first kappa shape index (κ1) is 12.8. The van der Waals surface area contributed by atoms with E-state index in [1.54, 1.807) is 31.2 Å². The number of alkyl carbamates (subject to hydrolysis) is 1. The fourth-order valence-corrected chi connectivity index (χ4v) is 1.58. The molecule has 0 spiro atoms. The molecule has 0 aliphatic carbocycles. The molecule has 0 aromatic heterocycles. The van der Waals surface area contributed by atoms with Gasteiger partial charge < -0.3 is 15.2 Å². The Morgan fingerprint density at radius 3 is 2.69 bits per heavy atom. The van der Waals surface area contributed by atoms with E-state index >= 15 is 0 Å². The van der Waals surface area contributed by atoms with Crippen LogP contribution in [-0.2, 0) is 10.5 Å². The summed E-state index contributed by atoms with van der Waals surface area (Å²) in [7, 11) is 1.42. The first-order valence-electron chi connectivity index (χ1n) is 4.91. The van der Waals surface area contributed by atoms with E-state index in [9.17, 15) is 9.90 Å². The molecule has 1 unspecified atom stereocenters. The van der Waals surface area contributed by atoms with E-state index < -0.39 is 11.9 Å². The standard InChI is InChI=1S/C11H14ClNO3/c1-3-11(15,16-10(14)13-2)8-6-4-5-7-9(8)12/h4-7,15H,3H2,1-2H3,(H,13,14). The molecule has 88 valence electrons. The van der Waals surface area contributed by atoms with Crippen molar-refractivity contribution >= 4 is 17.7 Å². The van der Waals surface area contributed by atoms with Crippen molar-refractivity contribution in [3.63, 3.8) is 0 Å². The maximum atomic E-state index is 11.1. The fourth-order valence-electron chi connectivity index (χ4n) is 1.30. The Morgan fingerprint density at radius 1 is 1.56 bits per heavy atom. The molecule has 0 aliphatic rings. The van der Waals surface area contributed by atoms with E-state index in [0.717, 1.165) is 0 Å². The van der Waals surface area contributed by atoms with Crippen LogP contribution < -0.4 is 5.32 Å². The zero-order valence-corrected chi connectivity index (χ0v) is 9.91. The summed E-state index contributed by atoms with van der Waals surface area (Å²) in [6.07, 6.45) is -0.492. The van der Waals surface area contributed by atoms with Gasteiger partial charge in [-0.15, -0.1) is 0 Å². The van der Waals surface area contributed by atoms with E-state index in [1.807, 2.05) is 0 Å². The van der Waals surface area contributed by atoms with Crippen molar-refractivity contribution < 1.29 is 14.6 Å². The van der Waals surface area contributed by atoms with Crippen LogP contribution in [0.4, 0.5) is 4.79 Å². The molecule has 1 amide bonds. The number of hydrogen-bond acceptors (Lipinski definition) is 3. The Kier molecular flexibility index (Phi) is 4.15. The van der Waals surface area contributed by atoms with Gasteiger partial charge in [0.2, 0.25) is 5.79 Å². The minimum absolute atomic E-state index is 0.212. The second kappa shape index (κ2) is 5.18. The van der Waals surface area contributed by atoms with Crippen LogP contribution >= 0.6 is 11.6 Å². The molecule has 0 radical (unpaired) electrons. The van der Waals surface area contributed by atoms with Crippen molar-refractivity contribution in [2.75, 3.05) is 7.05 Å². The van der Waals surface area contributed by atoms with Crippen molar-refractivity contribution in [1.82, 2.24) is 5.32 Å². The van der Waals surface area contributed by atoms with Crippen LogP contribution in [0.3, 0.4) is 0 Å². The molecule has 0 fully saturated rings. The average molecular weight is 244 g/mol. The number of carbonyl (C=O) groups excluding carboxylic acids is 1. The largest absolute Gasteiger partial charge is 0.413 e. The second-order valence-electron chi connectivity index (χ2n) is 3.26. The quantitative estimate of drug-likeness (QED) is 0.801.